The molecule has 19 heavy (non-hydrogen) atoms. The smallest absolute Gasteiger partial charge is 0.271 e. The van der Waals surface area contributed by atoms with Crippen molar-refractivity contribution in [3.05, 3.63) is 46.4 Å². The Balaban J connectivity index is 1.95. The largest absolute Gasteiger partial charge is 0.295 e. The van der Waals surface area contributed by atoms with Crippen molar-refractivity contribution >= 4 is 22.8 Å². The molecule has 0 fully saturated rings. The van der Waals surface area contributed by atoms with Gasteiger partial charge < -0.3 is 0 Å². The van der Waals surface area contributed by atoms with Gasteiger partial charge in [-0.1, -0.05) is 17.3 Å². The Morgan fingerprint density at radius 1 is 1.32 bits per heavy atom. The molecule has 0 spiro atoms. The summed E-state index contributed by atoms with van der Waals surface area (Å²) in [5, 5.41) is 14.3. The first-order valence-corrected chi connectivity index (χ1v) is 6.90. The van der Waals surface area contributed by atoms with Crippen molar-refractivity contribution in [2.75, 3.05) is 6.26 Å². The number of aromatic nitrogens is 5. The predicted octanol–water partition coefficient (Wildman–Crippen LogP) is 1.28. The normalized spacial score (nSPS) is 11.0. The Morgan fingerprint density at radius 2 is 2.11 bits per heavy atom. The average Bonchev–Trinajstić information content (AvgIpc) is 2.92. The number of hydrogen-bond acceptors (Lipinski definition) is 5. The fourth-order valence-electron chi connectivity index (χ4n) is 1.79. The lowest BCUT2D eigenvalue weighted by Gasteiger charge is -2.04. The molecule has 1 aromatic carbocycles. The fraction of sp³-hybridized carbons (Fsp3) is 0.167. The third-order valence-electron chi connectivity index (χ3n) is 2.82. The summed E-state index contributed by atoms with van der Waals surface area (Å²) in [4.78, 5) is 13.3. The SMILES string of the molecule is CSc1ccc(Cn2nnc3cn[nH]c3c2=O)cc1. The Morgan fingerprint density at radius 3 is 2.84 bits per heavy atom. The maximum Gasteiger partial charge on any atom is 0.295 e. The van der Waals surface area contributed by atoms with Gasteiger partial charge in [0.15, 0.2) is 5.52 Å². The van der Waals surface area contributed by atoms with Gasteiger partial charge in [-0.25, -0.2) is 4.68 Å². The van der Waals surface area contributed by atoms with Crippen LogP contribution in [0.15, 0.2) is 40.2 Å². The highest BCUT2D eigenvalue weighted by molar-refractivity contribution is 7.98. The van der Waals surface area contributed by atoms with Crippen LogP contribution >= 0.6 is 11.8 Å². The summed E-state index contributed by atoms with van der Waals surface area (Å²) in [5.41, 5.74) is 1.67. The first-order valence-electron chi connectivity index (χ1n) is 5.68. The number of H-pyrrole nitrogens is 1. The number of nitrogens with zero attached hydrogens (tertiary/aromatic N) is 4. The lowest BCUT2D eigenvalue weighted by Crippen LogP contribution is -2.24. The molecule has 0 atom stereocenters. The van der Waals surface area contributed by atoms with Crippen LogP contribution in [0, 0.1) is 0 Å². The van der Waals surface area contributed by atoms with E-state index in [1.54, 1.807) is 11.8 Å². The Labute approximate surface area is 112 Å². The molecule has 0 amide bonds. The molecular weight excluding hydrogens is 262 g/mol. The third kappa shape index (κ3) is 2.24. The van der Waals surface area contributed by atoms with E-state index in [-0.39, 0.29) is 5.56 Å². The van der Waals surface area contributed by atoms with Crippen LogP contribution in [0.3, 0.4) is 0 Å². The number of benzene rings is 1. The first kappa shape index (κ1) is 11.9. The number of fused-ring (bicyclic) bond motifs is 1. The molecule has 2 aromatic heterocycles. The fourth-order valence-corrected chi connectivity index (χ4v) is 2.20. The van der Waals surface area contributed by atoms with Gasteiger partial charge in [-0.3, -0.25) is 9.89 Å². The minimum absolute atomic E-state index is 0.212. The average molecular weight is 273 g/mol. The monoisotopic (exact) mass is 273 g/mol. The summed E-state index contributed by atoms with van der Waals surface area (Å²) in [5.74, 6) is 0. The molecule has 96 valence electrons. The van der Waals surface area contributed by atoms with Crippen LogP contribution in [0.2, 0.25) is 0 Å². The van der Waals surface area contributed by atoms with Gasteiger partial charge in [0.05, 0.1) is 12.7 Å². The topological polar surface area (TPSA) is 76.5 Å². The molecule has 0 saturated heterocycles. The molecule has 3 rings (SSSR count). The van der Waals surface area contributed by atoms with Crippen molar-refractivity contribution < 1.29 is 0 Å². The summed E-state index contributed by atoms with van der Waals surface area (Å²) in [6.45, 7) is 0.398. The van der Waals surface area contributed by atoms with Gasteiger partial charge >= 0.3 is 0 Å². The lowest BCUT2D eigenvalue weighted by atomic mass is 10.2. The van der Waals surface area contributed by atoms with Crippen LogP contribution < -0.4 is 5.56 Å². The van der Waals surface area contributed by atoms with E-state index in [9.17, 15) is 4.79 Å². The summed E-state index contributed by atoms with van der Waals surface area (Å²) in [6.07, 6.45) is 3.51. The van der Waals surface area contributed by atoms with Gasteiger partial charge in [-0.05, 0) is 24.0 Å². The second-order valence-electron chi connectivity index (χ2n) is 4.03. The lowest BCUT2D eigenvalue weighted by molar-refractivity contribution is 0.599. The summed E-state index contributed by atoms with van der Waals surface area (Å²) in [6, 6.07) is 8.01. The van der Waals surface area contributed by atoms with Gasteiger partial charge in [-0.2, -0.15) is 5.10 Å². The van der Waals surface area contributed by atoms with Crippen LogP contribution in [0.4, 0.5) is 0 Å². The van der Waals surface area contributed by atoms with Crippen molar-refractivity contribution in [2.45, 2.75) is 11.4 Å². The Kier molecular flexibility index (Phi) is 3.04. The van der Waals surface area contributed by atoms with Crippen molar-refractivity contribution in [2.24, 2.45) is 0 Å². The van der Waals surface area contributed by atoms with Gasteiger partial charge in [-0.15, -0.1) is 16.9 Å². The molecule has 6 nitrogen and oxygen atoms in total. The minimum atomic E-state index is -0.212. The van der Waals surface area contributed by atoms with Crippen LogP contribution in [0.5, 0.6) is 0 Å². The zero-order valence-corrected chi connectivity index (χ0v) is 11.0. The van der Waals surface area contributed by atoms with E-state index in [0.717, 1.165) is 5.56 Å². The molecule has 0 aliphatic rings. The number of hydrogen-bond donors (Lipinski definition) is 1. The maximum absolute atomic E-state index is 12.1. The molecular formula is C12H11N5OS. The summed E-state index contributed by atoms with van der Waals surface area (Å²) < 4.78 is 1.33. The Bertz CT molecular complexity index is 762. The van der Waals surface area contributed by atoms with E-state index < -0.39 is 0 Å². The van der Waals surface area contributed by atoms with Crippen LogP contribution in [0.1, 0.15) is 5.56 Å². The van der Waals surface area contributed by atoms with Crippen molar-refractivity contribution in [1.29, 1.82) is 0 Å². The van der Waals surface area contributed by atoms with Crippen LogP contribution in [-0.2, 0) is 6.54 Å². The van der Waals surface area contributed by atoms with E-state index >= 15 is 0 Å². The molecule has 1 N–H and O–H groups in total. The molecule has 2 heterocycles. The highest BCUT2D eigenvalue weighted by Crippen LogP contribution is 2.15. The minimum Gasteiger partial charge on any atom is -0.271 e. The zero-order chi connectivity index (χ0) is 13.2. The molecule has 0 aliphatic heterocycles. The first-order chi connectivity index (χ1) is 9.28. The molecule has 0 aliphatic carbocycles. The number of thioether (sulfide) groups is 1. The summed E-state index contributed by atoms with van der Waals surface area (Å²) >= 11 is 1.68. The molecule has 0 bridgehead atoms. The highest BCUT2D eigenvalue weighted by atomic mass is 32.2. The second-order valence-corrected chi connectivity index (χ2v) is 4.91. The van der Waals surface area contributed by atoms with Crippen molar-refractivity contribution in [3.63, 3.8) is 0 Å². The second kappa shape index (κ2) is 4.85. The predicted molar refractivity (Wildman–Crippen MR) is 73.3 cm³/mol. The van der Waals surface area contributed by atoms with Crippen molar-refractivity contribution in [1.82, 2.24) is 25.2 Å². The molecule has 0 radical (unpaired) electrons. The number of rotatable bonds is 3. The van der Waals surface area contributed by atoms with Crippen LogP contribution in [0.25, 0.3) is 11.0 Å². The van der Waals surface area contributed by atoms with Crippen LogP contribution in [-0.4, -0.2) is 31.4 Å². The maximum atomic E-state index is 12.1. The van der Waals surface area contributed by atoms with Gasteiger partial charge in [0.1, 0.15) is 5.52 Å². The third-order valence-corrected chi connectivity index (χ3v) is 3.56. The van der Waals surface area contributed by atoms with E-state index in [0.29, 0.717) is 17.6 Å². The van der Waals surface area contributed by atoms with Gasteiger partial charge in [0.25, 0.3) is 5.56 Å². The molecule has 0 saturated carbocycles. The number of nitrogens with one attached hydrogen (secondary N) is 1. The van der Waals surface area contributed by atoms with Crippen molar-refractivity contribution in [3.8, 4) is 0 Å². The van der Waals surface area contributed by atoms with E-state index in [2.05, 4.69) is 20.5 Å². The van der Waals surface area contributed by atoms with E-state index in [4.69, 9.17) is 0 Å². The summed E-state index contributed by atoms with van der Waals surface area (Å²) in [7, 11) is 0. The van der Waals surface area contributed by atoms with Gasteiger partial charge in [0, 0.05) is 4.90 Å². The number of aromatic amines is 1. The quantitative estimate of drug-likeness (QED) is 0.728. The van der Waals surface area contributed by atoms with E-state index in [1.807, 2.05) is 30.5 Å². The standard InChI is InChI=1S/C12H11N5OS/c1-19-9-4-2-8(3-5-9)7-17-12(18)11-10(14-16-17)6-13-15-11/h2-6H,7H2,1H3,(H,13,15). The zero-order valence-electron chi connectivity index (χ0n) is 10.2. The highest BCUT2D eigenvalue weighted by Gasteiger charge is 2.07. The van der Waals surface area contributed by atoms with Gasteiger partial charge in [0.2, 0.25) is 0 Å². The van der Waals surface area contributed by atoms with E-state index in [1.165, 1.54) is 15.8 Å². The molecule has 3 aromatic rings. The molecule has 7 heteroatoms. The Hall–Kier alpha value is -2.15. The molecule has 0 unspecified atom stereocenters.